The van der Waals surface area contributed by atoms with Crippen LogP contribution < -0.4 is 5.32 Å². The summed E-state index contributed by atoms with van der Waals surface area (Å²) < 4.78 is 1.66. The number of nitro benzene ring substituents is 1. The van der Waals surface area contributed by atoms with Crippen molar-refractivity contribution in [1.82, 2.24) is 5.32 Å². The summed E-state index contributed by atoms with van der Waals surface area (Å²) in [6.07, 6.45) is 0. The van der Waals surface area contributed by atoms with Gasteiger partial charge in [0.2, 0.25) is 0 Å². The number of amides is 1. The van der Waals surface area contributed by atoms with Crippen molar-refractivity contribution in [3.63, 3.8) is 0 Å². The molecule has 0 aliphatic heterocycles. The van der Waals surface area contributed by atoms with Gasteiger partial charge in [0.15, 0.2) is 0 Å². The quantitative estimate of drug-likeness (QED) is 0.562. The molecule has 0 aliphatic rings. The van der Waals surface area contributed by atoms with Crippen LogP contribution in [0.4, 0.5) is 5.69 Å². The number of carbonyl (C=O) groups excluding carboxylic acids is 1. The lowest BCUT2D eigenvalue weighted by molar-refractivity contribution is -0.384. The number of hydrogen-bond donors (Lipinski definition) is 1. The van der Waals surface area contributed by atoms with Crippen LogP contribution >= 0.6 is 43.2 Å². The Labute approximate surface area is 141 Å². The second-order valence-corrected chi connectivity index (χ2v) is 7.50. The summed E-state index contributed by atoms with van der Waals surface area (Å²) in [5, 5.41) is 13.6. The minimum atomic E-state index is -0.453. The number of thiophene rings is 1. The Balaban J connectivity index is 2.14. The summed E-state index contributed by atoms with van der Waals surface area (Å²) in [6.45, 7) is 1.79. The van der Waals surface area contributed by atoms with Gasteiger partial charge in [-0.05, 0) is 50.4 Å². The molecule has 2 aromatic rings. The molecule has 8 heteroatoms. The fourth-order valence-corrected chi connectivity index (χ4v) is 3.66. The van der Waals surface area contributed by atoms with Crippen LogP contribution in [0, 0.1) is 10.1 Å². The van der Waals surface area contributed by atoms with Crippen LogP contribution in [0.5, 0.6) is 0 Å². The molecule has 0 saturated carbocycles. The van der Waals surface area contributed by atoms with Crippen molar-refractivity contribution < 1.29 is 9.72 Å². The van der Waals surface area contributed by atoms with Crippen molar-refractivity contribution in [2.75, 3.05) is 0 Å². The molecule has 0 aliphatic carbocycles. The van der Waals surface area contributed by atoms with Crippen LogP contribution in [0.25, 0.3) is 0 Å². The third-order valence-electron chi connectivity index (χ3n) is 2.80. The zero-order chi connectivity index (χ0) is 15.6. The van der Waals surface area contributed by atoms with Gasteiger partial charge in [-0.15, -0.1) is 11.3 Å². The molecule has 1 aromatic carbocycles. The second kappa shape index (κ2) is 6.67. The molecular formula is C13H10Br2N2O3S. The maximum absolute atomic E-state index is 12.1. The van der Waals surface area contributed by atoms with Crippen molar-refractivity contribution in [2.24, 2.45) is 0 Å². The number of nitrogens with zero attached hydrogens (tertiary/aromatic N) is 1. The monoisotopic (exact) mass is 432 g/mol. The molecule has 21 heavy (non-hydrogen) atoms. The predicted molar refractivity (Wildman–Crippen MR) is 88.7 cm³/mol. The Kier molecular flexibility index (Phi) is 5.13. The Morgan fingerprint density at radius 2 is 2.10 bits per heavy atom. The highest BCUT2D eigenvalue weighted by molar-refractivity contribution is 9.13. The first kappa shape index (κ1) is 16.1. The highest BCUT2D eigenvalue weighted by Crippen LogP contribution is 2.32. The van der Waals surface area contributed by atoms with Crippen molar-refractivity contribution in [2.45, 2.75) is 13.0 Å². The average molecular weight is 434 g/mol. The molecule has 0 spiro atoms. The number of non-ortho nitro benzene ring substituents is 1. The zero-order valence-corrected chi connectivity index (χ0v) is 14.8. The van der Waals surface area contributed by atoms with E-state index in [2.05, 4.69) is 37.2 Å². The standard InChI is InChI=1S/C13H10Br2N2O3S/c1-7(8-3-2-4-9(5-8)17(19)20)16-13(18)11-6-10(14)12(15)21-11/h2-7H,1H3,(H,16,18). The van der Waals surface area contributed by atoms with Crippen LogP contribution in [0.2, 0.25) is 0 Å². The summed E-state index contributed by atoms with van der Waals surface area (Å²) in [5.41, 5.74) is 0.697. The number of carbonyl (C=O) groups is 1. The molecule has 0 radical (unpaired) electrons. The fourth-order valence-electron chi connectivity index (χ4n) is 1.72. The first-order chi connectivity index (χ1) is 9.88. The van der Waals surface area contributed by atoms with Crippen molar-refractivity contribution in [1.29, 1.82) is 0 Å². The van der Waals surface area contributed by atoms with Gasteiger partial charge in [0.25, 0.3) is 11.6 Å². The summed E-state index contributed by atoms with van der Waals surface area (Å²) in [7, 11) is 0. The summed E-state index contributed by atoms with van der Waals surface area (Å²) in [4.78, 5) is 23.0. The van der Waals surface area contributed by atoms with E-state index >= 15 is 0 Å². The number of hydrogen-bond acceptors (Lipinski definition) is 4. The van der Waals surface area contributed by atoms with Gasteiger partial charge >= 0.3 is 0 Å². The van der Waals surface area contributed by atoms with Crippen LogP contribution in [0.1, 0.15) is 28.2 Å². The second-order valence-electron chi connectivity index (χ2n) is 4.28. The summed E-state index contributed by atoms with van der Waals surface area (Å²) in [6, 6.07) is 7.64. The SMILES string of the molecule is CC(NC(=O)c1cc(Br)c(Br)s1)c1cccc([N+](=O)[O-])c1. The van der Waals surface area contributed by atoms with Gasteiger partial charge in [0.05, 0.1) is 19.6 Å². The molecule has 2 rings (SSSR count). The van der Waals surface area contributed by atoms with Crippen LogP contribution in [0.3, 0.4) is 0 Å². The molecule has 1 aromatic heterocycles. The van der Waals surface area contributed by atoms with E-state index in [1.165, 1.54) is 23.5 Å². The highest BCUT2D eigenvalue weighted by Gasteiger charge is 2.16. The van der Waals surface area contributed by atoms with Gasteiger partial charge in [-0.1, -0.05) is 12.1 Å². The number of rotatable bonds is 4. The van der Waals surface area contributed by atoms with E-state index in [-0.39, 0.29) is 17.6 Å². The lowest BCUT2D eigenvalue weighted by Crippen LogP contribution is -2.25. The van der Waals surface area contributed by atoms with Gasteiger partial charge in [-0.25, -0.2) is 0 Å². The number of benzene rings is 1. The van der Waals surface area contributed by atoms with Crippen molar-refractivity contribution in [3.8, 4) is 0 Å². The fraction of sp³-hybridized carbons (Fsp3) is 0.154. The first-order valence-corrected chi connectivity index (χ1v) is 8.29. The van der Waals surface area contributed by atoms with Crippen LogP contribution in [0.15, 0.2) is 38.6 Å². The van der Waals surface area contributed by atoms with Crippen molar-refractivity contribution in [3.05, 3.63) is 59.1 Å². The maximum atomic E-state index is 12.1. The minimum absolute atomic E-state index is 0.00946. The Morgan fingerprint density at radius 1 is 1.38 bits per heavy atom. The number of nitro groups is 1. The van der Waals surface area contributed by atoms with Gasteiger partial charge in [-0.3, -0.25) is 14.9 Å². The van der Waals surface area contributed by atoms with Gasteiger partial charge in [-0.2, -0.15) is 0 Å². The van der Waals surface area contributed by atoms with Crippen molar-refractivity contribution >= 4 is 54.8 Å². The van der Waals surface area contributed by atoms with E-state index in [4.69, 9.17) is 0 Å². The Morgan fingerprint density at radius 3 is 2.67 bits per heavy atom. The molecule has 5 nitrogen and oxygen atoms in total. The smallest absolute Gasteiger partial charge is 0.269 e. The molecule has 1 amide bonds. The van der Waals surface area contributed by atoms with E-state index in [9.17, 15) is 14.9 Å². The largest absolute Gasteiger partial charge is 0.345 e. The van der Waals surface area contributed by atoms with E-state index in [0.717, 1.165) is 8.26 Å². The molecule has 1 atom stereocenters. The highest BCUT2D eigenvalue weighted by atomic mass is 79.9. The molecular weight excluding hydrogens is 424 g/mol. The normalized spacial score (nSPS) is 12.0. The Hall–Kier alpha value is -1.25. The van der Waals surface area contributed by atoms with Crippen LogP contribution in [-0.2, 0) is 0 Å². The van der Waals surface area contributed by atoms with Gasteiger partial charge < -0.3 is 5.32 Å². The van der Waals surface area contributed by atoms with Crippen LogP contribution in [-0.4, -0.2) is 10.8 Å². The maximum Gasteiger partial charge on any atom is 0.269 e. The summed E-state index contributed by atoms with van der Waals surface area (Å²) >= 11 is 7.98. The molecule has 0 bridgehead atoms. The lowest BCUT2D eigenvalue weighted by atomic mass is 10.1. The third-order valence-corrected chi connectivity index (χ3v) is 6.05. The van der Waals surface area contributed by atoms with E-state index in [1.807, 2.05) is 0 Å². The summed E-state index contributed by atoms with van der Waals surface area (Å²) in [5.74, 6) is -0.217. The van der Waals surface area contributed by atoms with E-state index in [0.29, 0.717) is 10.4 Å². The average Bonchev–Trinajstić information content (AvgIpc) is 2.79. The molecule has 1 N–H and O–H groups in total. The molecule has 1 unspecified atom stereocenters. The first-order valence-electron chi connectivity index (χ1n) is 5.88. The molecule has 1 heterocycles. The zero-order valence-electron chi connectivity index (χ0n) is 10.8. The Bertz CT molecular complexity index is 683. The minimum Gasteiger partial charge on any atom is -0.345 e. The number of halogens is 2. The molecule has 110 valence electrons. The predicted octanol–water partition coefficient (Wildman–Crippen LogP) is 4.67. The third kappa shape index (κ3) is 3.90. The van der Waals surface area contributed by atoms with Gasteiger partial charge in [0, 0.05) is 16.6 Å². The molecule has 0 saturated heterocycles. The lowest BCUT2D eigenvalue weighted by Gasteiger charge is -2.13. The van der Waals surface area contributed by atoms with E-state index < -0.39 is 4.92 Å². The van der Waals surface area contributed by atoms with E-state index in [1.54, 1.807) is 25.1 Å². The van der Waals surface area contributed by atoms with Gasteiger partial charge in [0.1, 0.15) is 0 Å². The molecule has 0 fully saturated rings. The number of nitrogens with one attached hydrogen (secondary N) is 1. The topological polar surface area (TPSA) is 72.2 Å².